The average molecular weight is 372 g/mol. The van der Waals surface area contributed by atoms with Crippen molar-refractivity contribution in [2.45, 2.75) is 13.8 Å². The molecule has 1 heterocycles. The van der Waals surface area contributed by atoms with Crippen molar-refractivity contribution in [2.75, 3.05) is 12.4 Å². The van der Waals surface area contributed by atoms with Crippen molar-refractivity contribution in [3.05, 3.63) is 77.4 Å². The van der Waals surface area contributed by atoms with Gasteiger partial charge in [-0.2, -0.15) is 4.80 Å². The summed E-state index contributed by atoms with van der Waals surface area (Å²) >= 11 is 0. The third-order valence-electron chi connectivity index (χ3n) is 4.59. The van der Waals surface area contributed by atoms with Gasteiger partial charge in [0.25, 0.3) is 5.91 Å². The highest BCUT2D eigenvalue weighted by atomic mass is 16.5. The summed E-state index contributed by atoms with van der Waals surface area (Å²) in [6.07, 6.45) is 0. The predicted molar refractivity (Wildman–Crippen MR) is 109 cm³/mol. The van der Waals surface area contributed by atoms with Crippen LogP contribution in [-0.4, -0.2) is 28.0 Å². The minimum Gasteiger partial charge on any atom is -0.497 e. The van der Waals surface area contributed by atoms with E-state index in [0.717, 1.165) is 33.8 Å². The zero-order valence-corrected chi connectivity index (χ0v) is 15.9. The molecule has 0 spiro atoms. The Hall–Kier alpha value is -3.67. The zero-order chi connectivity index (χ0) is 19.7. The number of anilines is 1. The second-order valence-electron chi connectivity index (χ2n) is 6.66. The van der Waals surface area contributed by atoms with Crippen LogP contribution in [0.2, 0.25) is 0 Å². The van der Waals surface area contributed by atoms with Gasteiger partial charge >= 0.3 is 0 Å². The van der Waals surface area contributed by atoms with E-state index in [1.807, 2.05) is 74.5 Å². The molecule has 0 aliphatic carbocycles. The van der Waals surface area contributed by atoms with Crippen molar-refractivity contribution < 1.29 is 9.53 Å². The Morgan fingerprint density at radius 2 is 1.57 bits per heavy atom. The Morgan fingerprint density at radius 3 is 2.21 bits per heavy atom. The highest BCUT2D eigenvalue weighted by molar-refractivity contribution is 6.05. The number of amides is 1. The Balaban J connectivity index is 1.63. The monoisotopic (exact) mass is 372 g/mol. The Kier molecular flexibility index (Phi) is 4.53. The first-order chi connectivity index (χ1) is 13.5. The standard InChI is InChI=1S/C22H20N4O2/c1-14-4-6-16(7-5-14)22(27)23-19-13-21-20(12-15(19)2)24-26(25-21)17-8-10-18(28-3)11-9-17/h4-13H,1-3H3,(H,23,27). The summed E-state index contributed by atoms with van der Waals surface area (Å²) in [7, 11) is 1.63. The maximum absolute atomic E-state index is 12.5. The summed E-state index contributed by atoms with van der Waals surface area (Å²) in [6.45, 7) is 3.93. The minimum atomic E-state index is -0.148. The van der Waals surface area contributed by atoms with Crippen LogP contribution in [0.25, 0.3) is 16.7 Å². The number of carbonyl (C=O) groups excluding carboxylic acids is 1. The molecule has 0 atom stereocenters. The van der Waals surface area contributed by atoms with Crippen LogP contribution in [0.4, 0.5) is 5.69 Å². The largest absolute Gasteiger partial charge is 0.497 e. The van der Waals surface area contributed by atoms with Gasteiger partial charge in [0, 0.05) is 11.3 Å². The van der Waals surface area contributed by atoms with Gasteiger partial charge < -0.3 is 10.1 Å². The van der Waals surface area contributed by atoms with Crippen LogP contribution in [0.5, 0.6) is 5.75 Å². The molecule has 140 valence electrons. The summed E-state index contributed by atoms with van der Waals surface area (Å²) in [5.41, 5.74) is 5.69. The van der Waals surface area contributed by atoms with E-state index in [9.17, 15) is 4.79 Å². The second-order valence-corrected chi connectivity index (χ2v) is 6.66. The van der Waals surface area contributed by atoms with Gasteiger partial charge in [0.15, 0.2) is 0 Å². The van der Waals surface area contributed by atoms with Crippen molar-refractivity contribution in [2.24, 2.45) is 0 Å². The molecule has 0 saturated carbocycles. The minimum absolute atomic E-state index is 0.148. The number of hydrogen-bond acceptors (Lipinski definition) is 4. The molecule has 0 aliphatic heterocycles. The lowest BCUT2D eigenvalue weighted by molar-refractivity contribution is 0.102. The van der Waals surface area contributed by atoms with Crippen molar-refractivity contribution >= 4 is 22.6 Å². The van der Waals surface area contributed by atoms with Gasteiger partial charge in [0.1, 0.15) is 16.8 Å². The number of fused-ring (bicyclic) bond motifs is 1. The van der Waals surface area contributed by atoms with Gasteiger partial charge in [-0.1, -0.05) is 17.7 Å². The molecule has 4 rings (SSSR count). The molecule has 6 heteroatoms. The second kappa shape index (κ2) is 7.15. The number of aryl methyl sites for hydroxylation is 2. The van der Waals surface area contributed by atoms with Crippen LogP contribution in [0, 0.1) is 13.8 Å². The van der Waals surface area contributed by atoms with Crippen LogP contribution in [0.15, 0.2) is 60.7 Å². The van der Waals surface area contributed by atoms with Crippen molar-refractivity contribution in [3.63, 3.8) is 0 Å². The van der Waals surface area contributed by atoms with Crippen LogP contribution >= 0.6 is 0 Å². The van der Waals surface area contributed by atoms with Gasteiger partial charge in [-0.25, -0.2) is 0 Å². The molecule has 1 aromatic heterocycles. The topological polar surface area (TPSA) is 69.0 Å². The average Bonchev–Trinajstić information content (AvgIpc) is 3.11. The summed E-state index contributed by atoms with van der Waals surface area (Å²) in [5.74, 6) is 0.627. The van der Waals surface area contributed by atoms with E-state index in [4.69, 9.17) is 4.74 Å². The summed E-state index contributed by atoms with van der Waals surface area (Å²) in [5, 5.41) is 12.1. The lowest BCUT2D eigenvalue weighted by atomic mass is 10.1. The Labute approximate surface area is 162 Å². The first-order valence-electron chi connectivity index (χ1n) is 8.93. The molecular formula is C22H20N4O2. The van der Waals surface area contributed by atoms with Crippen LogP contribution < -0.4 is 10.1 Å². The van der Waals surface area contributed by atoms with Crippen LogP contribution in [-0.2, 0) is 0 Å². The maximum Gasteiger partial charge on any atom is 0.255 e. The molecule has 3 aromatic carbocycles. The molecule has 28 heavy (non-hydrogen) atoms. The lowest BCUT2D eigenvalue weighted by Gasteiger charge is -2.08. The number of nitrogens with one attached hydrogen (secondary N) is 1. The molecule has 6 nitrogen and oxygen atoms in total. The smallest absolute Gasteiger partial charge is 0.255 e. The molecule has 4 aromatic rings. The van der Waals surface area contributed by atoms with E-state index >= 15 is 0 Å². The molecule has 0 bridgehead atoms. The molecule has 1 amide bonds. The molecule has 0 saturated heterocycles. The molecule has 1 N–H and O–H groups in total. The molecular weight excluding hydrogens is 352 g/mol. The highest BCUT2D eigenvalue weighted by Gasteiger charge is 2.12. The van der Waals surface area contributed by atoms with E-state index in [1.54, 1.807) is 11.9 Å². The molecule has 0 unspecified atom stereocenters. The van der Waals surface area contributed by atoms with Crippen molar-refractivity contribution in [1.82, 2.24) is 15.0 Å². The normalized spacial score (nSPS) is 10.8. The fourth-order valence-electron chi connectivity index (χ4n) is 2.93. The number of hydrogen-bond donors (Lipinski definition) is 1. The Morgan fingerprint density at radius 1 is 0.929 bits per heavy atom. The number of rotatable bonds is 4. The van der Waals surface area contributed by atoms with Crippen molar-refractivity contribution in [3.8, 4) is 11.4 Å². The first-order valence-corrected chi connectivity index (χ1v) is 8.93. The number of aromatic nitrogens is 3. The zero-order valence-electron chi connectivity index (χ0n) is 15.9. The summed E-state index contributed by atoms with van der Waals surface area (Å²) < 4.78 is 5.19. The first kappa shape index (κ1) is 17.7. The quantitative estimate of drug-likeness (QED) is 0.580. The van der Waals surface area contributed by atoms with E-state index in [1.165, 1.54) is 0 Å². The molecule has 0 radical (unpaired) electrons. The van der Waals surface area contributed by atoms with E-state index in [2.05, 4.69) is 15.5 Å². The molecule has 0 aliphatic rings. The fraction of sp³-hybridized carbons (Fsp3) is 0.136. The lowest BCUT2D eigenvalue weighted by Crippen LogP contribution is -2.12. The third-order valence-corrected chi connectivity index (χ3v) is 4.59. The number of carbonyl (C=O) groups is 1. The summed E-state index contributed by atoms with van der Waals surface area (Å²) in [4.78, 5) is 14.1. The van der Waals surface area contributed by atoms with Gasteiger partial charge in [0.2, 0.25) is 0 Å². The Bertz CT molecular complexity index is 1150. The van der Waals surface area contributed by atoms with Gasteiger partial charge in [-0.15, -0.1) is 10.2 Å². The van der Waals surface area contributed by atoms with Gasteiger partial charge in [0.05, 0.1) is 12.8 Å². The number of ether oxygens (including phenoxy) is 1. The molecule has 0 fully saturated rings. The number of benzene rings is 3. The number of nitrogens with zero attached hydrogens (tertiary/aromatic N) is 3. The predicted octanol–water partition coefficient (Wildman–Crippen LogP) is 4.30. The number of methoxy groups -OCH3 is 1. The SMILES string of the molecule is COc1ccc(-n2nc3cc(C)c(NC(=O)c4ccc(C)cc4)cc3n2)cc1. The van der Waals surface area contributed by atoms with Crippen molar-refractivity contribution in [1.29, 1.82) is 0 Å². The van der Waals surface area contributed by atoms with Crippen LogP contribution in [0.3, 0.4) is 0 Å². The van der Waals surface area contributed by atoms with Gasteiger partial charge in [-0.05, 0) is 67.9 Å². The summed E-state index contributed by atoms with van der Waals surface area (Å²) in [6, 6.07) is 18.8. The van der Waals surface area contributed by atoms with Gasteiger partial charge in [-0.3, -0.25) is 4.79 Å². The van der Waals surface area contributed by atoms with E-state index in [0.29, 0.717) is 11.1 Å². The van der Waals surface area contributed by atoms with Crippen LogP contribution in [0.1, 0.15) is 21.5 Å². The maximum atomic E-state index is 12.5. The van der Waals surface area contributed by atoms with E-state index < -0.39 is 0 Å². The highest BCUT2D eigenvalue weighted by Crippen LogP contribution is 2.23. The van der Waals surface area contributed by atoms with E-state index in [-0.39, 0.29) is 5.91 Å². The third kappa shape index (κ3) is 3.44. The fourth-order valence-corrected chi connectivity index (χ4v) is 2.93.